The summed E-state index contributed by atoms with van der Waals surface area (Å²) in [5.41, 5.74) is 2.00. The van der Waals surface area contributed by atoms with Crippen molar-refractivity contribution in [2.45, 2.75) is 46.1 Å². The van der Waals surface area contributed by atoms with E-state index in [4.69, 9.17) is 4.52 Å². The number of aliphatic hydroxyl groups is 1. The molecular weight excluding hydrogens is 328 g/mol. The van der Waals surface area contributed by atoms with Crippen molar-refractivity contribution in [3.05, 3.63) is 52.9 Å². The summed E-state index contributed by atoms with van der Waals surface area (Å²) in [7, 11) is 0. The quantitative estimate of drug-likeness (QED) is 0.384. The molecule has 2 rings (SSSR count). The minimum Gasteiger partial charge on any atom is -0.384 e. The van der Waals surface area contributed by atoms with Gasteiger partial charge in [-0.2, -0.15) is 0 Å². The van der Waals surface area contributed by atoms with E-state index in [-0.39, 0.29) is 6.54 Å². The van der Waals surface area contributed by atoms with Gasteiger partial charge >= 0.3 is 0 Å². The topological polar surface area (TPSA) is 82.7 Å². The van der Waals surface area contributed by atoms with Crippen molar-refractivity contribution in [2.24, 2.45) is 4.99 Å². The molecule has 142 valence electrons. The number of aromatic nitrogens is 1. The molecule has 0 radical (unpaired) electrons. The molecule has 1 atom stereocenters. The SMILES string of the molecule is CCNC(=NCC(C)(O)c1ccccc1)NCCCc1c(C)noc1C. The van der Waals surface area contributed by atoms with E-state index in [0.29, 0.717) is 5.96 Å². The number of nitrogens with one attached hydrogen (secondary N) is 2. The van der Waals surface area contributed by atoms with Gasteiger partial charge in [0.2, 0.25) is 0 Å². The number of rotatable bonds is 8. The van der Waals surface area contributed by atoms with Gasteiger partial charge in [0.25, 0.3) is 0 Å². The molecule has 1 unspecified atom stereocenters. The van der Waals surface area contributed by atoms with Gasteiger partial charge in [-0.15, -0.1) is 0 Å². The Morgan fingerprint density at radius 2 is 1.96 bits per heavy atom. The van der Waals surface area contributed by atoms with Crippen LogP contribution in [0.3, 0.4) is 0 Å². The second-order valence-electron chi connectivity index (χ2n) is 6.67. The smallest absolute Gasteiger partial charge is 0.191 e. The van der Waals surface area contributed by atoms with Gasteiger partial charge in [0.1, 0.15) is 11.4 Å². The van der Waals surface area contributed by atoms with Gasteiger partial charge in [-0.1, -0.05) is 35.5 Å². The lowest BCUT2D eigenvalue weighted by atomic mass is 9.96. The van der Waals surface area contributed by atoms with Crippen molar-refractivity contribution in [3.63, 3.8) is 0 Å². The Bertz CT molecular complexity index is 688. The van der Waals surface area contributed by atoms with Crippen LogP contribution in [0.25, 0.3) is 0 Å². The lowest BCUT2D eigenvalue weighted by molar-refractivity contribution is 0.0672. The third-order valence-corrected chi connectivity index (χ3v) is 4.36. The highest BCUT2D eigenvalue weighted by Gasteiger charge is 2.22. The van der Waals surface area contributed by atoms with E-state index >= 15 is 0 Å². The van der Waals surface area contributed by atoms with Gasteiger partial charge in [-0.3, -0.25) is 0 Å². The zero-order valence-electron chi connectivity index (χ0n) is 16.2. The molecule has 0 aliphatic heterocycles. The van der Waals surface area contributed by atoms with E-state index in [9.17, 15) is 5.11 Å². The van der Waals surface area contributed by atoms with Crippen LogP contribution in [-0.2, 0) is 12.0 Å². The number of hydrogen-bond donors (Lipinski definition) is 3. The average Bonchev–Trinajstić information content (AvgIpc) is 2.95. The fourth-order valence-electron chi connectivity index (χ4n) is 2.79. The summed E-state index contributed by atoms with van der Waals surface area (Å²) in [5, 5.41) is 21.2. The standard InChI is InChI=1S/C20H30N4O2/c1-5-21-19(22-13-9-12-18-15(2)24-26-16(18)3)23-14-20(4,25)17-10-7-6-8-11-17/h6-8,10-11,25H,5,9,12-14H2,1-4H3,(H2,21,22,23). The number of guanidine groups is 1. The van der Waals surface area contributed by atoms with Crippen molar-refractivity contribution in [3.8, 4) is 0 Å². The van der Waals surface area contributed by atoms with Crippen LogP contribution in [0.2, 0.25) is 0 Å². The number of aryl methyl sites for hydroxylation is 2. The highest BCUT2D eigenvalue weighted by molar-refractivity contribution is 5.79. The Hall–Kier alpha value is -2.34. The second kappa shape index (κ2) is 9.38. The third-order valence-electron chi connectivity index (χ3n) is 4.36. The third kappa shape index (κ3) is 5.59. The summed E-state index contributed by atoms with van der Waals surface area (Å²) >= 11 is 0. The molecule has 6 nitrogen and oxygen atoms in total. The molecule has 1 aromatic heterocycles. The Morgan fingerprint density at radius 3 is 2.58 bits per heavy atom. The largest absolute Gasteiger partial charge is 0.384 e. The molecule has 0 aliphatic rings. The maximum absolute atomic E-state index is 10.7. The zero-order chi connectivity index (χ0) is 19.0. The van der Waals surface area contributed by atoms with Crippen LogP contribution in [0.5, 0.6) is 0 Å². The average molecular weight is 358 g/mol. The first-order valence-electron chi connectivity index (χ1n) is 9.16. The van der Waals surface area contributed by atoms with Gasteiger partial charge in [-0.05, 0) is 46.1 Å². The zero-order valence-corrected chi connectivity index (χ0v) is 16.2. The summed E-state index contributed by atoms with van der Waals surface area (Å²) < 4.78 is 5.20. The molecule has 1 aromatic carbocycles. The summed E-state index contributed by atoms with van der Waals surface area (Å²) in [6, 6.07) is 9.61. The first kappa shape index (κ1) is 20.0. The lowest BCUT2D eigenvalue weighted by Crippen LogP contribution is -2.39. The van der Waals surface area contributed by atoms with Crippen LogP contribution in [0, 0.1) is 13.8 Å². The fraction of sp³-hybridized carbons (Fsp3) is 0.500. The summed E-state index contributed by atoms with van der Waals surface area (Å²) in [5.74, 6) is 1.60. The van der Waals surface area contributed by atoms with Crippen LogP contribution in [-0.4, -0.2) is 35.9 Å². The van der Waals surface area contributed by atoms with E-state index < -0.39 is 5.60 Å². The van der Waals surface area contributed by atoms with Crippen LogP contribution in [0.15, 0.2) is 39.8 Å². The van der Waals surface area contributed by atoms with E-state index in [1.165, 1.54) is 5.56 Å². The predicted molar refractivity (Wildman–Crippen MR) is 104 cm³/mol. The monoisotopic (exact) mass is 358 g/mol. The Morgan fingerprint density at radius 1 is 1.23 bits per heavy atom. The van der Waals surface area contributed by atoms with Crippen LogP contribution in [0.4, 0.5) is 0 Å². The molecule has 1 heterocycles. The molecule has 0 spiro atoms. The molecule has 0 bridgehead atoms. The number of hydrogen-bond acceptors (Lipinski definition) is 4. The molecule has 0 aliphatic carbocycles. The lowest BCUT2D eigenvalue weighted by Gasteiger charge is -2.22. The normalized spacial score (nSPS) is 14.1. The number of aliphatic imine (C=N–C) groups is 1. The molecule has 0 fully saturated rings. The Kier molecular flexibility index (Phi) is 7.21. The minimum absolute atomic E-state index is 0.288. The molecule has 3 N–H and O–H groups in total. The van der Waals surface area contributed by atoms with Crippen molar-refractivity contribution >= 4 is 5.96 Å². The summed E-state index contributed by atoms with van der Waals surface area (Å²) in [4.78, 5) is 4.54. The van der Waals surface area contributed by atoms with E-state index in [1.807, 2.05) is 51.1 Å². The van der Waals surface area contributed by atoms with Gasteiger partial charge in [-0.25, -0.2) is 4.99 Å². The first-order valence-corrected chi connectivity index (χ1v) is 9.16. The molecule has 6 heteroatoms. The van der Waals surface area contributed by atoms with E-state index in [2.05, 4.69) is 20.8 Å². The highest BCUT2D eigenvalue weighted by atomic mass is 16.5. The van der Waals surface area contributed by atoms with Gasteiger partial charge in [0, 0.05) is 18.7 Å². The van der Waals surface area contributed by atoms with Crippen molar-refractivity contribution in [2.75, 3.05) is 19.6 Å². The van der Waals surface area contributed by atoms with Crippen molar-refractivity contribution < 1.29 is 9.63 Å². The second-order valence-corrected chi connectivity index (χ2v) is 6.67. The number of nitrogens with zero attached hydrogens (tertiary/aromatic N) is 2. The Labute approximate surface area is 155 Å². The Balaban J connectivity index is 1.88. The molecule has 2 aromatic rings. The van der Waals surface area contributed by atoms with Crippen LogP contribution in [0.1, 0.15) is 42.8 Å². The maximum Gasteiger partial charge on any atom is 0.191 e. The van der Waals surface area contributed by atoms with Crippen LogP contribution >= 0.6 is 0 Å². The molecule has 0 amide bonds. The number of benzene rings is 1. The molecular formula is C20H30N4O2. The first-order chi connectivity index (χ1) is 12.4. The van der Waals surface area contributed by atoms with Gasteiger partial charge in [0.15, 0.2) is 5.96 Å². The predicted octanol–water partition coefficient (Wildman–Crippen LogP) is 2.69. The highest BCUT2D eigenvalue weighted by Crippen LogP contribution is 2.20. The van der Waals surface area contributed by atoms with Crippen molar-refractivity contribution in [1.82, 2.24) is 15.8 Å². The molecule has 0 saturated heterocycles. The van der Waals surface area contributed by atoms with E-state index in [1.54, 1.807) is 6.92 Å². The minimum atomic E-state index is -1.000. The summed E-state index contributed by atoms with van der Waals surface area (Å²) in [6.45, 7) is 9.56. The maximum atomic E-state index is 10.7. The van der Waals surface area contributed by atoms with Gasteiger partial charge in [0.05, 0.1) is 12.2 Å². The fourth-order valence-corrected chi connectivity index (χ4v) is 2.79. The molecule has 0 saturated carbocycles. The van der Waals surface area contributed by atoms with Crippen molar-refractivity contribution in [1.29, 1.82) is 0 Å². The molecule has 26 heavy (non-hydrogen) atoms. The van der Waals surface area contributed by atoms with Gasteiger partial charge < -0.3 is 20.3 Å². The van der Waals surface area contributed by atoms with E-state index in [0.717, 1.165) is 42.9 Å². The summed E-state index contributed by atoms with van der Waals surface area (Å²) in [6.07, 6.45) is 1.86. The van der Waals surface area contributed by atoms with Crippen LogP contribution < -0.4 is 10.6 Å².